The Morgan fingerprint density at radius 3 is 1.40 bits per heavy atom. The molecule has 0 amide bonds. The molecule has 2 nitrogen and oxygen atoms in total. The van der Waals surface area contributed by atoms with E-state index < -0.39 is 5.41 Å². The quantitative estimate of drug-likeness (QED) is 0.158. The standard InChI is InChI=1S/C73H53NO/c1-71(2)63-25-12-8-19-55(63)58-41-38-52(44-66(58)71)74(53-39-42-59-56-20-9-13-26-64(56)72(3,4)67(59)45-53)51-36-31-46(32-37-51)48-33-40-60-57-21-10-14-27-65(57)73(68(60)43-48,49-17-6-5-7-18-49)50-34-29-47(30-35-50)54-23-16-24-62-61-22-11-15-28-69(61)75-70(54)62/h5-45H,1-4H3. The van der Waals surface area contributed by atoms with Gasteiger partial charge in [0, 0.05) is 44.2 Å². The van der Waals surface area contributed by atoms with Crippen molar-refractivity contribution in [1.29, 1.82) is 0 Å². The van der Waals surface area contributed by atoms with Gasteiger partial charge in [0.1, 0.15) is 11.2 Å². The smallest absolute Gasteiger partial charge is 0.143 e. The lowest BCUT2D eigenvalue weighted by Gasteiger charge is -2.34. The van der Waals surface area contributed by atoms with E-state index in [4.69, 9.17) is 4.42 Å². The molecule has 15 rings (SSSR count). The first kappa shape index (κ1) is 43.6. The molecule has 0 radical (unpaired) electrons. The Morgan fingerprint density at radius 1 is 0.293 bits per heavy atom. The van der Waals surface area contributed by atoms with Crippen LogP contribution in [-0.4, -0.2) is 0 Å². The predicted octanol–water partition coefficient (Wildman–Crippen LogP) is 19.4. The van der Waals surface area contributed by atoms with Crippen LogP contribution in [-0.2, 0) is 16.2 Å². The van der Waals surface area contributed by atoms with Crippen LogP contribution in [0.2, 0.25) is 0 Å². The molecule has 3 aliphatic rings. The fourth-order valence-electron chi connectivity index (χ4n) is 13.7. The van der Waals surface area contributed by atoms with Gasteiger partial charge in [0.25, 0.3) is 0 Å². The summed E-state index contributed by atoms with van der Waals surface area (Å²) in [6.45, 7) is 9.49. The molecule has 0 saturated heterocycles. The second-order valence-corrected chi connectivity index (χ2v) is 22.0. The fraction of sp³-hybridized carbons (Fsp3) is 0.0959. The highest BCUT2D eigenvalue weighted by Gasteiger charge is 2.46. The van der Waals surface area contributed by atoms with Gasteiger partial charge < -0.3 is 9.32 Å². The van der Waals surface area contributed by atoms with Crippen molar-refractivity contribution >= 4 is 39.0 Å². The minimum Gasteiger partial charge on any atom is -0.455 e. The SMILES string of the molecule is CC1(C)c2ccccc2-c2ccc(N(c3ccc(-c4ccc5c(c4)C(c4ccccc4)(c4ccc(-c6cccc7c6oc6ccccc67)cc4)c4ccccc4-5)cc3)c3ccc4c(c3)C(C)(C)c3ccccc3-4)cc21. The van der Waals surface area contributed by atoms with Crippen molar-refractivity contribution in [2.24, 2.45) is 0 Å². The summed E-state index contributed by atoms with van der Waals surface area (Å²) in [5.41, 5.74) is 27.4. The van der Waals surface area contributed by atoms with E-state index in [1.165, 1.54) is 89.0 Å². The number of benzene rings is 11. The highest BCUT2D eigenvalue weighted by atomic mass is 16.3. The molecule has 0 saturated carbocycles. The average Bonchev–Trinajstić information content (AvgIpc) is 4.13. The zero-order chi connectivity index (χ0) is 50.2. The highest BCUT2D eigenvalue weighted by molar-refractivity contribution is 6.09. The summed E-state index contributed by atoms with van der Waals surface area (Å²) in [5.74, 6) is 0. The van der Waals surface area contributed by atoms with Gasteiger partial charge in [-0.3, -0.25) is 0 Å². The van der Waals surface area contributed by atoms with E-state index >= 15 is 0 Å². The predicted molar refractivity (Wildman–Crippen MR) is 312 cm³/mol. The van der Waals surface area contributed by atoms with Gasteiger partial charge in [-0.15, -0.1) is 0 Å². The Labute approximate surface area is 438 Å². The Balaban J connectivity index is 0.859. The van der Waals surface area contributed by atoms with Gasteiger partial charge in [-0.05, 0) is 143 Å². The first-order valence-corrected chi connectivity index (χ1v) is 26.4. The highest BCUT2D eigenvalue weighted by Crippen LogP contribution is 2.58. The molecule has 356 valence electrons. The molecule has 0 fully saturated rings. The van der Waals surface area contributed by atoms with Crippen LogP contribution in [0.3, 0.4) is 0 Å². The van der Waals surface area contributed by atoms with Crippen LogP contribution in [0, 0.1) is 0 Å². The molecule has 75 heavy (non-hydrogen) atoms. The van der Waals surface area contributed by atoms with E-state index in [9.17, 15) is 0 Å². The van der Waals surface area contributed by atoms with Gasteiger partial charge in [-0.1, -0.05) is 228 Å². The van der Waals surface area contributed by atoms with Crippen molar-refractivity contribution in [2.75, 3.05) is 4.90 Å². The number of nitrogens with zero attached hydrogens (tertiary/aromatic N) is 1. The van der Waals surface area contributed by atoms with Crippen molar-refractivity contribution in [2.45, 2.75) is 43.9 Å². The normalized spacial score (nSPS) is 16.0. The Kier molecular flexibility index (Phi) is 9.30. The third kappa shape index (κ3) is 6.20. The number of para-hydroxylation sites is 2. The van der Waals surface area contributed by atoms with E-state index in [0.29, 0.717) is 0 Å². The molecular formula is C73H53NO. The summed E-state index contributed by atoms with van der Waals surface area (Å²) in [5, 5.41) is 2.28. The topological polar surface area (TPSA) is 16.4 Å². The van der Waals surface area contributed by atoms with E-state index in [2.05, 4.69) is 275 Å². The molecule has 0 spiro atoms. The van der Waals surface area contributed by atoms with Gasteiger partial charge in [0.05, 0.1) is 5.41 Å². The van der Waals surface area contributed by atoms with Crippen molar-refractivity contribution in [3.63, 3.8) is 0 Å². The number of anilines is 3. The van der Waals surface area contributed by atoms with Crippen LogP contribution in [0.5, 0.6) is 0 Å². The van der Waals surface area contributed by atoms with Crippen LogP contribution in [0.4, 0.5) is 17.1 Å². The lowest BCUT2D eigenvalue weighted by Crippen LogP contribution is -2.28. The lowest BCUT2D eigenvalue weighted by atomic mass is 9.67. The van der Waals surface area contributed by atoms with E-state index in [1.54, 1.807) is 0 Å². The number of furan rings is 1. The molecule has 1 atom stereocenters. The first-order chi connectivity index (χ1) is 36.7. The number of fused-ring (bicyclic) bond motifs is 12. The fourth-order valence-corrected chi connectivity index (χ4v) is 13.7. The Hall–Kier alpha value is -8.98. The Bertz CT molecular complexity index is 4180. The molecule has 12 aromatic rings. The van der Waals surface area contributed by atoms with Crippen molar-refractivity contribution in [1.82, 2.24) is 0 Å². The molecule has 3 aliphatic carbocycles. The van der Waals surface area contributed by atoms with Crippen LogP contribution in [0.25, 0.3) is 77.6 Å². The molecule has 11 aromatic carbocycles. The number of hydrogen-bond donors (Lipinski definition) is 0. The lowest BCUT2D eigenvalue weighted by molar-refractivity contribution is 0.660. The third-order valence-corrected chi connectivity index (χ3v) is 17.4. The van der Waals surface area contributed by atoms with Crippen molar-refractivity contribution < 1.29 is 4.42 Å². The van der Waals surface area contributed by atoms with Crippen LogP contribution in [0.1, 0.15) is 72.2 Å². The number of rotatable bonds is 7. The minimum absolute atomic E-state index is 0.132. The summed E-state index contributed by atoms with van der Waals surface area (Å²) in [6.07, 6.45) is 0. The third-order valence-electron chi connectivity index (χ3n) is 17.4. The van der Waals surface area contributed by atoms with Gasteiger partial charge in [0.2, 0.25) is 0 Å². The van der Waals surface area contributed by atoms with Crippen LogP contribution in [0.15, 0.2) is 253 Å². The van der Waals surface area contributed by atoms with Crippen LogP contribution >= 0.6 is 0 Å². The van der Waals surface area contributed by atoms with Gasteiger partial charge in [-0.25, -0.2) is 0 Å². The maximum Gasteiger partial charge on any atom is 0.143 e. The second-order valence-electron chi connectivity index (χ2n) is 22.0. The number of hydrogen-bond acceptors (Lipinski definition) is 2. The van der Waals surface area contributed by atoms with E-state index in [0.717, 1.165) is 50.1 Å². The summed E-state index contributed by atoms with van der Waals surface area (Å²) < 4.78 is 6.54. The molecule has 1 aromatic heterocycles. The molecule has 0 N–H and O–H groups in total. The summed E-state index contributed by atoms with van der Waals surface area (Å²) in [6, 6.07) is 92.8. The van der Waals surface area contributed by atoms with Gasteiger partial charge in [-0.2, -0.15) is 0 Å². The Morgan fingerprint density at radius 2 is 0.747 bits per heavy atom. The van der Waals surface area contributed by atoms with E-state index in [-0.39, 0.29) is 10.8 Å². The average molecular weight is 960 g/mol. The summed E-state index contributed by atoms with van der Waals surface area (Å²) in [7, 11) is 0. The maximum atomic E-state index is 6.54. The molecular weight excluding hydrogens is 907 g/mol. The first-order valence-electron chi connectivity index (χ1n) is 26.4. The molecule has 1 unspecified atom stereocenters. The molecule has 0 aliphatic heterocycles. The minimum atomic E-state index is -0.564. The maximum absolute atomic E-state index is 6.54. The van der Waals surface area contributed by atoms with Crippen molar-refractivity contribution in [3.05, 3.63) is 293 Å². The molecule has 2 heteroatoms. The zero-order valence-electron chi connectivity index (χ0n) is 42.5. The second kappa shape index (κ2) is 16.0. The van der Waals surface area contributed by atoms with Crippen molar-refractivity contribution in [3.8, 4) is 55.6 Å². The van der Waals surface area contributed by atoms with Gasteiger partial charge >= 0.3 is 0 Å². The molecule has 0 bridgehead atoms. The summed E-state index contributed by atoms with van der Waals surface area (Å²) >= 11 is 0. The zero-order valence-corrected chi connectivity index (χ0v) is 42.5. The molecule has 1 heterocycles. The summed E-state index contributed by atoms with van der Waals surface area (Å²) in [4.78, 5) is 2.47. The van der Waals surface area contributed by atoms with Gasteiger partial charge in [0.15, 0.2) is 0 Å². The monoisotopic (exact) mass is 959 g/mol. The van der Waals surface area contributed by atoms with E-state index in [1.807, 2.05) is 6.07 Å². The van der Waals surface area contributed by atoms with Crippen LogP contribution < -0.4 is 4.90 Å². The largest absolute Gasteiger partial charge is 0.455 e.